The van der Waals surface area contributed by atoms with Crippen molar-refractivity contribution in [1.29, 1.82) is 0 Å². The zero-order valence-electron chi connectivity index (χ0n) is 17.5. The van der Waals surface area contributed by atoms with Crippen LogP contribution in [-0.2, 0) is 9.53 Å². The maximum Gasteiger partial charge on any atom is 0.338 e. The van der Waals surface area contributed by atoms with Gasteiger partial charge in [-0.1, -0.05) is 55.8 Å². The van der Waals surface area contributed by atoms with E-state index in [0.717, 1.165) is 16.8 Å². The topological polar surface area (TPSA) is 59.4 Å². The summed E-state index contributed by atoms with van der Waals surface area (Å²) in [5.41, 5.74) is 2.96. The lowest BCUT2D eigenvalue weighted by atomic mass is 9.60. The van der Waals surface area contributed by atoms with Gasteiger partial charge in [-0.2, -0.15) is 0 Å². The highest BCUT2D eigenvalue weighted by atomic mass is 16.6. The lowest BCUT2D eigenvalue weighted by Crippen LogP contribution is -2.52. The first-order chi connectivity index (χ1) is 13.8. The molecule has 6 atom stereocenters. The van der Waals surface area contributed by atoms with Crippen molar-refractivity contribution in [2.24, 2.45) is 23.7 Å². The van der Waals surface area contributed by atoms with E-state index in [9.17, 15) is 9.90 Å². The van der Waals surface area contributed by atoms with Crippen molar-refractivity contribution in [1.82, 2.24) is 4.98 Å². The minimum absolute atomic E-state index is 0.0587. The summed E-state index contributed by atoms with van der Waals surface area (Å²) in [6.07, 6.45) is 6.20. The molecule has 4 heteroatoms. The number of benzene rings is 1. The van der Waals surface area contributed by atoms with Gasteiger partial charge in [0.05, 0.1) is 5.69 Å². The summed E-state index contributed by atoms with van der Waals surface area (Å²) >= 11 is 0. The Morgan fingerprint density at radius 2 is 1.97 bits per heavy atom. The molecule has 0 unspecified atom stereocenters. The fraction of sp³-hybridized carbons (Fsp3) is 0.440. The van der Waals surface area contributed by atoms with Gasteiger partial charge in [-0.05, 0) is 55.7 Å². The molecule has 1 saturated heterocycles. The molecule has 4 rings (SSSR count). The number of allylic oxidation sites excluding steroid dienone is 1. The highest BCUT2D eigenvalue weighted by Gasteiger charge is 2.61. The molecule has 29 heavy (non-hydrogen) atoms. The van der Waals surface area contributed by atoms with Gasteiger partial charge in [0.1, 0.15) is 6.10 Å². The molecule has 2 aromatic rings. The third-order valence-electron chi connectivity index (χ3n) is 6.88. The van der Waals surface area contributed by atoms with E-state index >= 15 is 0 Å². The molecule has 152 valence electrons. The van der Waals surface area contributed by atoms with Crippen LogP contribution in [0.5, 0.6) is 0 Å². The van der Waals surface area contributed by atoms with E-state index in [-0.39, 0.29) is 23.9 Å². The lowest BCUT2D eigenvalue weighted by Gasteiger charge is -2.44. The number of hydrogen-bond donors (Lipinski definition) is 1. The van der Waals surface area contributed by atoms with Crippen molar-refractivity contribution in [2.75, 3.05) is 0 Å². The Morgan fingerprint density at radius 1 is 1.17 bits per heavy atom. The van der Waals surface area contributed by atoms with Crippen LogP contribution in [0.4, 0.5) is 0 Å². The number of esters is 1. The van der Waals surface area contributed by atoms with Gasteiger partial charge in [-0.3, -0.25) is 4.98 Å². The standard InChI is InChI=1S/C25H29NO3/c1-15-6-5-7-19(12-15)20-8-9-21(26-14-20)10-11-22-17(3)16(2)13-25(28)23(22)18(4)29-24(25)27/h5-12,14,16-18,22-23,28H,13H2,1-4H3/b11-10+/t16-,17+,18+,22-,23-,25-/m0/s1. The van der Waals surface area contributed by atoms with Crippen molar-refractivity contribution in [3.8, 4) is 11.1 Å². The Hall–Kier alpha value is -2.46. The first-order valence-electron chi connectivity index (χ1n) is 10.4. The summed E-state index contributed by atoms with van der Waals surface area (Å²) in [5, 5.41) is 11.1. The van der Waals surface area contributed by atoms with Crippen LogP contribution in [0.25, 0.3) is 17.2 Å². The van der Waals surface area contributed by atoms with Gasteiger partial charge in [0.2, 0.25) is 0 Å². The molecule has 0 spiro atoms. The lowest BCUT2D eigenvalue weighted by molar-refractivity contribution is -0.160. The minimum atomic E-state index is -1.37. The first-order valence-corrected chi connectivity index (χ1v) is 10.4. The van der Waals surface area contributed by atoms with Crippen LogP contribution in [-0.4, -0.2) is 27.8 Å². The summed E-state index contributed by atoms with van der Waals surface area (Å²) in [4.78, 5) is 16.9. The summed E-state index contributed by atoms with van der Waals surface area (Å²) in [5.74, 6) is -0.0410. The summed E-state index contributed by atoms with van der Waals surface area (Å²) in [6.45, 7) is 8.27. The van der Waals surface area contributed by atoms with Gasteiger partial charge >= 0.3 is 5.97 Å². The second-order valence-electron chi connectivity index (χ2n) is 8.88. The molecular formula is C25H29NO3. The van der Waals surface area contributed by atoms with Crippen LogP contribution in [0.1, 0.15) is 38.4 Å². The van der Waals surface area contributed by atoms with Crippen molar-refractivity contribution >= 4 is 12.0 Å². The Bertz CT molecular complexity index is 935. The van der Waals surface area contributed by atoms with Crippen LogP contribution in [0, 0.1) is 30.6 Å². The third kappa shape index (κ3) is 3.51. The molecule has 4 nitrogen and oxygen atoms in total. The molecule has 1 aliphatic carbocycles. The summed E-state index contributed by atoms with van der Waals surface area (Å²) in [6, 6.07) is 12.5. The number of carbonyl (C=O) groups excluding carboxylic acids is 1. The van der Waals surface area contributed by atoms with Gasteiger partial charge in [-0.25, -0.2) is 4.79 Å². The van der Waals surface area contributed by atoms with Crippen molar-refractivity contribution in [2.45, 2.75) is 45.8 Å². The van der Waals surface area contributed by atoms with E-state index in [2.05, 4.69) is 62.2 Å². The van der Waals surface area contributed by atoms with Gasteiger partial charge in [0.25, 0.3) is 0 Å². The molecule has 1 N–H and O–H groups in total. The van der Waals surface area contributed by atoms with Crippen LogP contribution in [0.2, 0.25) is 0 Å². The molecule has 1 aromatic carbocycles. The normalized spacial score (nSPS) is 34.2. The molecule has 1 saturated carbocycles. The number of fused-ring (bicyclic) bond motifs is 1. The Kier molecular flexibility index (Phi) is 5.07. The maximum absolute atomic E-state index is 12.3. The zero-order valence-corrected chi connectivity index (χ0v) is 17.5. The van der Waals surface area contributed by atoms with Crippen molar-refractivity contribution in [3.05, 3.63) is 59.9 Å². The van der Waals surface area contributed by atoms with Crippen molar-refractivity contribution in [3.63, 3.8) is 0 Å². The third-order valence-corrected chi connectivity index (χ3v) is 6.88. The smallest absolute Gasteiger partial charge is 0.338 e. The number of aryl methyl sites for hydroxylation is 1. The van der Waals surface area contributed by atoms with Crippen LogP contribution < -0.4 is 0 Å². The van der Waals surface area contributed by atoms with Gasteiger partial charge in [-0.15, -0.1) is 0 Å². The first kappa shape index (κ1) is 19.8. The van der Waals surface area contributed by atoms with Crippen LogP contribution >= 0.6 is 0 Å². The van der Waals surface area contributed by atoms with Crippen LogP contribution in [0.15, 0.2) is 48.7 Å². The number of cyclic esters (lactones) is 1. The molecule has 0 amide bonds. The van der Waals surface area contributed by atoms with E-state index in [4.69, 9.17) is 4.74 Å². The fourth-order valence-corrected chi connectivity index (χ4v) is 5.11. The van der Waals surface area contributed by atoms with Gasteiger partial charge in [0.15, 0.2) is 5.60 Å². The number of nitrogens with zero attached hydrogens (tertiary/aromatic N) is 1. The van der Waals surface area contributed by atoms with Gasteiger partial charge < -0.3 is 9.84 Å². The van der Waals surface area contributed by atoms with E-state index in [1.54, 1.807) is 0 Å². The Morgan fingerprint density at radius 3 is 2.66 bits per heavy atom. The molecule has 2 fully saturated rings. The Labute approximate surface area is 172 Å². The molecule has 1 aromatic heterocycles. The SMILES string of the molecule is Cc1cccc(-c2ccc(/C=C/[C@H]3[C@H](C)[C@@H](C)C[C@@]4(O)C(=O)O[C@H](C)[C@@H]34)nc2)c1. The predicted molar refractivity (Wildman–Crippen MR) is 114 cm³/mol. The molecule has 0 bridgehead atoms. The highest BCUT2D eigenvalue weighted by molar-refractivity contribution is 5.82. The van der Waals surface area contributed by atoms with E-state index in [0.29, 0.717) is 12.3 Å². The molecule has 0 radical (unpaired) electrons. The average Bonchev–Trinajstić information content (AvgIpc) is 2.91. The second kappa shape index (κ2) is 7.42. The minimum Gasteiger partial charge on any atom is -0.460 e. The summed E-state index contributed by atoms with van der Waals surface area (Å²) < 4.78 is 5.43. The number of hydrogen-bond acceptors (Lipinski definition) is 4. The molecule has 2 aliphatic rings. The second-order valence-corrected chi connectivity index (χ2v) is 8.88. The molecule has 1 aliphatic heterocycles. The van der Waals surface area contributed by atoms with Crippen LogP contribution in [0.3, 0.4) is 0 Å². The van der Waals surface area contributed by atoms with E-state index in [1.807, 2.05) is 25.3 Å². The average molecular weight is 392 g/mol. The molecule has 2 heterocycles. The summed E-state index contributed by atoms with van der Waals surface area (Å²) in [7, 11) is 0. The number of rotatable bonds is 3. The maximum atomic E-state index is 12.3. The number of pyridine rings is 1. The molecular weight excluding hydrogens is 362 g/mol. The quantitative estimate of drug-likeness (QED) is 0.774. The van der Waals surface area contributed by atoms with Crippen molar-refractivity contribution < 1.29 is 14.6 Å². The zero-order chi connectivity index (χ0) is 20.8. The predicted octanol–water partition coefficient (Wildman–Crippen LogP) is 4.65. The number of ether oxygens (including phenoxy) is 1. The largest absolute Gasteiger partial charge is 0.460 e. The van der Waals surface area contributed by atoms with E-state index in [1.165, 1.54) is 5.56 Å². The van der Waals surface area contributed by atoms with E-state index < -0.39 is 11.6 Å². The number of aromatic nitrogens is 1. The Balaban J connectivity index is 1.58. The number of carbonyl (C=O) groups is 1. The monoisotopic (exact) mass is 391 g/mol. The number of aliphatic hydroxyl groups is 1. The fourth-order valence-electron chi connectivity index (χ4n) is 5.11. The van der Waals surface area contributed by atoms with Gasteiger partial charge in [0, 0.05) is 17.7 Å². The highest BCUT2D eigenvalue weighted by Crippen LogP contribution is 2.51.